The Morgan fingerprint density at radius 2 is 2.00 bits per heavy atom. The second kappa shape index (κ2) is 9.80. The van der Waals surface area contributed by atoms with Crippen molar-refractivity contribution in [3.8, 4) is 5.75 Å². The molecule has 0 unspecified atom stereocenters. The van der Waals surface area contributed by atoms with Gasteiger partial charge in [-0.05, 0) is 18.6 Å². The summed E-state index contributed by atoms with van der Waals surface area (Å²) in [7, 11) is 1.31. The van der Waals surface area contributed by atoms with E-state index in [2.05, 4.69) is 17.0 Å². The molecule has 116 valence electrons. The molecule has 1 amide bonds. The Kier molecular flexibility index (Phi) is 7.94. The number of nitrogens with one attached hydrogen (secondary N) is 1. The van der Waals surface area contributed by atoms with E-state index in [0.717, 1.165) is 25.7 Å². The van der Waals surface area contributed by atoms with Crippen molar-refractivity contribution in [1.82, 2.24) is 0 Å². The van der Waals surface area contributed by atoms with Gasteiger partial charge in [-0.15, -0.1) is 0 Å². The lowest BCUT2D eigenvalue weighted by Crippen LogP contribution is -2.13. The quantitative estimate of drug-likeness (QED) is 0.561. The van der Waals surface area contributed by atoms with E-state index in [4.69, 9.17) is 4.74 Å². The molecular formula is C16H23NO4. The molecule has 0 spiro atoms. The number of benzene rings is 1. The predicted molar refractivity (Wildman–Crippen MR) is 81.3 cm³/mol. The molecule has 0 radical (unpaired) electrons. The predicted octanol–water partition coefficient (Wildman–Crippen LogP) is 3.15. The van der Waals surface area contributed by atoms with Crippen LogP contribution in [0, 0.1) is 0 Å². The third-order valence-electron chi connectivity index (χ3n) is 2.96. The van der Waals surface area contributed by atoms with E-state index in [0.29, 0.717) is 17.9 Å². The summed E-state index contributed by atoms with van der Waals surface area (Å²) in [5.41, 5.74) is 0.665. The maximum atomic E-state index is 11.8. The first-order valence-electron chi connectivity index (χ1n) is 7.25. The second-order valence-corrected chi connectivity index (χ2v) is 4.75. The Morgan fingerprint density at radius 1 is 1.19 bits per heavy atom. The molecule has 0 atom stereocenters. The molecule has 5 nitrogen and oxygen atoms in total. The lowest BCUT2D eigenvalue weighted by Gasteiger charge is -2.08. The SMILES string of the molecule is CCCCCCC(=O)Nc1cccc(OCC(=O)OC)c1. The van der Waals surface area contributed by atoms with Crippen LogP contribution in [0.1, 0.15) is 39.0 Å². The first kappa shape index (κ1) is 17.0. The van der Waals surface area contributed by atoms with Crippen LogP contribution in [0.3, 0.4) is 0 Å². The van der Waals surface area contributed by atoms with Crippen molar-refractivity contribution >= 4 is 17.6 Å². The van der Waals surface area contributed by atoms with Crippen molar-refractivity contribution in [3.05, 3.63) is 24.3 Å². The zero-order valence-electron chi connectivity index (χ0n) is 12.7. The summed E-state index contributed by atoms with van der Waals surface area (Å²) < 4.78 is 9.77. The van der Waals surface area contributed by atoms with Gasteiger partial charge in [0.15, 0.2) is 6.61 Å². The van der Waals surface area contributed by atoms with Gasteiger partial charge in [0.25, 0.3) is 0 Å². The van der Waals surface area contributed by atoms with Gasteiger partial charge >= 0.3 is 5.97 Å². The Bertz CT molecular complexity index is 459. The Morgan fingerprint density at radius 3 is 2.71 bits per heavy atom. The van der Waals surface area contributed by atoms with E-state index in [-0.39, 0.29) is 12.5 Å². The van der Waals surface area contributed by atoms with Crippen molar-refractivity contribution in [1.29, 1.82) is 0 Å². The molecule has 1 rings (SSSR count). The summed E-state index contributed by atoms with van der Waals surface area (Å²) in [6.45, 7) is 1.99. The molecule has 21 heavy (non-hydrogen) atoms. The highest BCUT2D eigenvalue weighted by Crippen LogP contribution is 2.18. The number of hydrogen-bond acceptors (Lipinski definition) is 4. The van der Waals surface area contributed by atoms with Crippen LogP contribution in [-0.2, 0) is 14.3 Å². The van der Waals surface area contributed by atoms with Gasteiger partial charge in [-0.25, -0.2) is 4.79 Å². The summed E-state index contributed by atoms with van der Waals surface area (Å²) in [4.78, 5) is 22.8. The van der Waals surface area contributed by atoms with Gasteiger partial charge in [0.05, 0.1) is 7.11 Å². The van der Waals surface area contributed by atoms with Crippen molar-refractivity contribution in [2.45, 2.75) is 39.0 Å². The van der Waals surface area contributed by atoms with Crippen LogP contribution in [0.25, 0.3) is 0 Å². The topological polar surface area (TPSA) is 64.6 Å². The van der Waals surface area contributed by atoms with Crippen molar-refractivity contribution in [2.75, 3.05) is 19.0 Å². The van der Waals surface area contributed by atoms with Crippen LogP contribution >= 0.6 is 0 Å². The number of unbranched alkanes of at least 4 members (excludes halogenated alkanes) is 3. The van der Waals surface area contributed by atoms with Crippen LogP contribution in [0.4, 0.5) is 5.69 Å². The van der Waals surface area contributed by atoms with E-state index in [9.17, 15) is 9.59 Å². The van der Waals surface area contributed by atoms with Gasteiger partial charge in [-0.3, -0.25) is 4.79 Å². The van der Waals surface area contributed by atoms with Crippen LogP contribution in [0.5, 0.6) is 5.75 Å². The zero-order chi connectivity index (χ0) is 15.5. The van der Waals surface area contributed by atoms with Gasteiger partial charge in [-0.1, -0.05) is 32.3 Å². The minimum absolute atomic E-state index is 0.00350. The lowest BCUT2D eigenvalue weighted by atomic mass is 10.1. The maximum Gasteiger partial charge on any atom is 0.343 e. The smallest absolute Gasteiger partial charge is 0.343 e. The Hall–Kier alpha value is -2.04. The summed E-state index contributed by atoms with van der Waals surface area (Å²) >= 11 is 0. The number of anilines is 1. The number of rotatable bonds is 9. The summed E-state index contributed by atoms with van der Waals surface area (Å²) in [6, 6.07) is 6.96. The van der Waals surface area contributed by atoms with Gasteiger partial charge in [0.1, 0.15) is 5.75 Å². The van der Waals surface area contributed by atoms with E-state index in [1.165, 1.54) is 7.11 Å². The highest BCUT2D eigenvalue weighted by Gasteiger charge is 2.05. The zero-order valence-corrected chi connectivity index (χ0v) is 12.7. The van der Waals surface area contributed by atoms with Crippen molar-refractivity contribution in [3.63, 3.8) is 0 Å². The van der Waals surface area contributed by atoms with E-state index < -0.39 is 5.97 Å². The highest BCUT2D eigenvalue weighted by molar-refractivity contribution is 5.90. The first-order valence-corrected chi connectivity index (χ1v) is 7.25. The van der Waals surface area contributed by atoms with Crippen molar-refractivity contribution < 1.29 is 19.1 Å². The summed E-state index contributed by atoms with van der Waals surface area (Å²) in [6.07, 6.45) is 4.81. The average Bonchev–Trinajstić information content (AvgIpc) is 2.49. The average molecular weight is 293 g/mol. The molecule has 0 saturated heterocycles. The van der Waals surface area contributed by atoms with Gasteiger partial charge in [0, 0.05) is 18.2 Å². The minimum Gasteiger partial charge on any atom is -0.482 e. The maximum absolute atomic E-state index is 11.8. The number of hydrogen-bond donors (Lipinski definition) is 1. The number of carbonyl (C=O) groups is 2. The van der Waals surface area contributed by atoms with Crippen molar-refractivity contribution in [2.24, 2.45) is 0 Å². The molecule has 1 N–H and O–H groups in total. The van der Waals surface area contributed by atoms with Crippen LogP contribution in [0.15, 0.2) is 24.3 Å². The number of esters is 1. The molecular weight excluding hydrogens is 270 g/mol. The standard InChI is InChI=1S/C16H23NO4/c1-3-4-5-6-10-15(18)17-13-8-7-9-14(11-13)21-12-16(19)20-2/h7-9,11H,3-6,10,12H2,1-2H3,(H,17,18). The molecule has 0 aliphatic heterocycles. The summed E-state index contributed by atoms with van der Waals surface area (Å²) in [5.74, 6) is 0.0702. The fourth-order valence-electron chi connectivity index (χ4n) is 1.80. The molecule has 0 aliphatic carbocycles. The molecule has 5 heteroatoms. The third kappa shape index (κ3) is 7.34. The molecule has 0 aromatic heterocycles. The van der Waals surface area contributed by atoms with Gasteiger partial charge in [-0.2, -0.15) is 0 Å². The fourth-order valence-corrected chi connectivity index (χ4v) is 1.80. The monoisotopic (exact) mass is 293 g/mol. The number of methoxy groups -OCH3 is 1. The number of ether oxygens (including phenoxy) is 2. The molecule has 0 fully saturated rings. The third-order valence-corrected chi connectivity index (χ3v) is 2.96. The largest absolute Gasteiger partial charge is 0.482 e. The van der Waals surface area contributed by atoms with E-state index in [1.54, 1.807) is 24.3 Å². The minimum atomic E-state index is -0.444. The van der Waals surface area contributed by atoms with Crippen LogP contribution in [-0.4, -0.2) is 25.6 Å². The number of carbonyl (C=O) groups excluding carboxylic acids is 2. The second-order valence-electron chi connectivity index (χ2n) is 4.75. The lowest BCUT2D eigenvalue weighted by molar-refractivity contribution is -0.142. The summed E-state index contributed by atoms with van der Waals surface area (Å²) in [5, 5.41) is 2.83. The fraction of sp³-hybridized carbons (Fsp3) is 0.500. The molecule has 0 saturated carbocycles. The van der Waals surface area contributed by atoms with Gasteiger partial charge < -0.3 is 14.8 Å². The Labute approximate surface area is 125 Å². The number of amides is 1. The van der Waals surface area contributed by atoms with Crippen LogP contribution in [0.2, 0.25) is 0 Å². The van der Waals surface area contributed by atoms with E-state index >= 15 is 0 Å². The molecule has 0 bridgehead atoms. The first-order chi connectivity index (χ1) is 10.2. The molecule has 0 aliphatic rings. The van der Waals surface area contributed by atoms with E-state index in [1.807, 2.05) is 0 Å². The normalized spacial score (nSPS) is 10.0. The Balaban J connectivity index is 2.41. The molecule has 1 aromatic rings. The molecule has 1 aromatic carbocycles. The van der Waals surface area contributed by atoms with Crippen LogP contribution < -0.4 is 10.1 Å². The highest BCUT2D eigenvalue weighted by atomic mass is 16.6. The molecule has 0 heterocycles. The van der Waals surface area contributed by atoms with Gasteiger partial charge in [0.2, 0.25) is 5.91 Å².